The maximum atomic E-state index is 12.7. The maximum absolute atomic E-state index is 12.7. The highest BCUT2D eigenvalue weighted by Gasteiger charge is 2.62. The molecular formula is C21H30O3. The molecule has 0 spiro atoms. The number of carbonyl (C=O) groups is 2. The van der Waals surface area contributed by atoms with Gasteiger partial charge in [0.2, 0.25) is 0 Å². The lowest BCUT2D eigenvalue weighted by atomic mass is 9.46. The van der Waals surface area contributed by atoms with Gasteiger partial charge in [0.15, 0.2) is 5.78 Å². The fourth-order valence-electron chi connectivity index (χ4n) is 7.10. The molecule has 132 valence electrons. The number of aliphatic hydroxyl groups is 1. The zero-order valence-corrected chi connectivity index (χ0v) is 15.0. The second-order valence-electron chi connectivity index (χ2n) is 9.04. The van der Waals surface area contributed by atoms with Crippen LogP contribution in [-0.4, -0.2) is 23.3 Å². The number of hydrogen-bond donors (Lipinski definition) is 1. The highest BCUT2D eigenvalue weighted by atomic mass is 16.3. The Morgan fingerprint density at radius 3 is 2.71 bits per heavy atom. The number of aliphatic hydroxyl groups excluding tert-OH is 1. The Labute approximate surface area is 144 Å². The lowest BCUT2D eigenvalue weighted by Crippen LogP contribution is -2.53. The molecule has 1 N–H and O–H groups in total. The first-order valence-corrected chi connectivity index (χ1v) is 9.84. The van der Waals surface area contributed by atoms with E-state index in [0.717, 1.165) is 44.9 Å². The van der Waals surface area contributed by atoms with Crippen LogP contribution in [0.15, 0.2) is 11.6 Å². The lowest BCUT2D eigenvalue weighted by molar-refractivity contribution is -0.134. The molecule has 0 bridgehead atoms. The number of carbonyl (C=O) groups excluding carboxylic acids is 2. The van der Waals surface area contributed by atoms with Crippen molar-refractivity contribution in [2.45, 2.75) is 65.2 Å². The van der Waals surface area contributed by atoms with Gasteiger partial charge >= 0.3 is 0 Å². The number of ketones is 2. The third-order valence-corrected chi connectivity index (χ3v) is 8.34. The first-order chi connectivity index (χ1) is 11.5. The topological polar surface area (TPSA) is 54.4 Å². The van der Waals surface area contributed by atoms with E-state index in [2.05, 4.69) is 13.8 Å². The van der Waals surface area contributed by atoms with Crippen LogP contribution in [0.1, 0.15) is 65.2 Å². The summed E-state index contributed by atoms with van der Waals surface area (Å²) in [6.07, 6.45) is 9.11. The number of hydrogen-bond acceptors (Lipinski definition) is 3. The van der Waals surface area contributed by atoms with E-state index >= 15 is 0 Å². The summed E-state index contributed by atoms with van der Waals surface area (Å²) in [6.45, 7) is 4.61. The van der Waals surface area contributed by atoms with Crippen molar-refractivity contribution in [3.63, 3.8) is 0 Å². The second-order valence-corrected chi connectivity index (χ2v) is 9.04. The molecule has 3 fully saturated rings. The SMILES string of the molecule is CCC1CC(=O)[C@@]2(C)CC[C@H]3[C@@H](CCC4=CC(=O)CC[C@@]43CO)[C@H]12. The Balaban J connectivity index is 1.75. The van der Waals surface area contributed by atoms with E-state index in [4.69, 9.17) is 0 Å². The zero-order chi connectivity index (χ0) is 17.1. The molecule has 0 saturated heterocycles. The van der Waals surface area contributed by atoms with Crippen LogP contribution >= 0.6 is 0 Å². The largest absolute Gasteiger partial charge is 0.395 e. The third kappa shape index (κ3) is 2.00. The van der Waals surface area contributed by atoms with Gasteiger partial charge in [-0.2, -0.15) is 0 Å². The molecule has 0 aliphatic heterocycles. The van der Waals surface area contributed by atoms with Crippen LogP contribution in [0.3, 0.4) is 0 Å². The molecule has 4 aliphatic carbocycles. The number of Topliss-reactive ketones (excluding diaryl/α,β-unsaturated/α-hetero) is 1. The standard InChI is InChI=1S/C21H30O3/c1-3-13-10-18(24)20(2)8-7-17-16(19(13)20)5-4-14-11-15(23)6-9-21(14,17)12-22/h11,13,16-17,19,22H,3-10,12H2,1-2H3/t13?,16-,17+,19+,20-,21-/m1/s1. The maximum Gasteiger partial charge on any atom is 0.155 e. The van der Waals surface area contributed by atoms with Crippen LogP contribution in [0.4, 0.5) is 0 Å². The molecule has 4 aliphatic rings. The summed E-state index contributed by atoms with van der Waals surface area (Å²) in [6, 6.07) is 0. The first-order valence-electron chi connectivity index (χ1n) is 9.84. The fourth-order valence-corrected chi connectivity index (χ4v) is 7.10. The van der Waals surface area contributed by atoms with Crippen molar-refractivity contribution in [1.29, 1.82) is 0 Å². The fraction of sp³-hybridized carbons (Fsp3) is 0.810. The second kappa shape index (κ2) is 5.52. The van der Waals surface area contributed by atoms with Gasteiger partial charge in [-0.25, -0.2) is 0 Å². The summed E-state index contributed by atoms with van der Waals surface area (Å²) in [4.78, 5) is 24.7. The minimum absolute atomic E-state index is 0.135. The van der Waals surface area contributed by atoms with Crippen molar-refractivity contribution in [3.05, 3.63) is 11.6 Å². The molecule has 3 saturated carbocycles. The third-order valence-electron chi connectivity index (χ3n) is 8.34. The molecule has 0 aromatic carbocycles. The van der Waals surface area contributed by atoms with Gasteiger partial charge < -0.3 is 5.11 Å². The van der Waals surface area contributed by atoms with Crippen molar-refractivity contribution in [1.82, 2.24) is 0 Å². The Kier molecular flexibility index (Phi) is 3.80. The van der Waals surface area contributed by atoms with Gasteiger partial charge in [-0.15, -0.1) is 0 Å². The van der Waals surface area contributed by atoms with E-state index in [0.29, 0.717) is 35.9 Å². The summed E-state index contributed by atoms with van der Waals surface area (Å²) in [5, 5.41) is 10.4. The highest BCUT2D eigenvalue weighted by Crippen LogP contribution is 2.65. The van der Waals surface area contributed by atoms with Gasteiger partial charge in [-0.1, -0.05) is 25.8 Å². The first kappa shape index (κ1) is 16.5. The van der Waals surface area contributed by atoms with Crippen molar-refractivity contribution in [2.24, 2.45) is 34.5 Å². The average Bonchev–Trinajstić information content (AvgIpc) is 2.85. The minimum Gasteiger partial charge on any atom is -0.395 e. The molecule has 6 atom stereocenters. The van der Waals surface area contributed by atoms with E-state index in [9.17, 15) is 14.7 Å². The van der Waals surface area contributed by atoms with Crippen molar-refractivity contribution < 1.29 is 14.7 Å². The summed E-state index contributed by atoms with van der Waals surface area (Å²) in [7, 11) is 0. The van der Waals surface area contributed by atoms with Crippen LogP contribution < -0.4 is 0 Å². The smallest absolute Gasteiger partial charge is 0.155 e. The molecule has 0 heterocycles. The molecule has 0 aromatic heterocycles. The molecule has 1 unspecified atom stereocenters. The van der Waals surface area contributed by atoms with E-state index in [1.165, 1.54) is 5.57 Å². The van der Waals surface area contributed by atoms with Gasteiger partial charge in [0.05, 0.1) is 6.61 Å². The van der Waals surface area contributed by atoms with Crippen LogP contribution in [0.2, 0.25) is 0 Å². The molecule has 0 amide bonds. The predicted molar refractivity (Wildman–Crippen MR) is 92.3 cm³/mol. The Hall–Kier alpha value is -0.960. The summed E-state index contributed by atoms with van der Waals surface area (Å²) in [5.41, 5.74) is 0.898. The molecule has 0 aromatic rings. The van der Waals surface area contributed by atoms with Gasteiger partial charge in [-0.3, -0.25) is 9.59 Å². The quantitative estimate of drug-likeness (QED) is 0.840. The van der Waals surface area contributed by atoms with Gasteiger partial charge in [0.1, 0.15) is 5.78 Å². The van der Waals surface area contributed by atoms with Crippen LogP contribution in [-0.2, 0) is 9.59 Å². The predicted octanol–water partition coefficient (Wildman–Crippen LogP) is 3.70. The summed E-state index contributed by atoms with van der Waals surface area (Å²) in [5.74, 6) is 2.70. The highest BCUT2D eigenvalue weighted by molar-refractivity contribution is 5.92. The normalized spacial score (nSPS) is 47.7. The van der Waals surface area contributed by atoms with Crippen LogP contribution in [0, 0.1) is 34.5 Å². The van der Waals surface area contributed by atoms with Gasteiger partial charge in [0.25, 0.3) is 0 Å². The molecule has 0 radical (unpaired) electrons. The van der Waals surface area contributed by atoms with E-state index in [1.807, 2.05) is 6.08 Å². The minimum atomic E-state index is -0.178. The average molecular weight is 330 g/mol. The van der Waals surface area contributed by atoms with Crippen molar-refractivity contribution >= 4 is 11.6 Å². The monoisotopic (exact) mass is 330 g/mol. The Bertz CT molecular complexity index is 606. The van der Waals surface area contributed by atoms with E-state index in [1.54, 1.807) is 0 Å². The van der Waals surface area contributed by atoms with Crippen LogP contribution in [0.25, 0.3) is 0 Å². The van der Waals surface area contributed by atoms with Crippen molar-refractivity contribution in [2.75, 3.05) is 6.61 Å². The molecule has 4 rings (SSSR count). The van der Waals surface area contributed by atoms with Crippen LogP contribution in [0.5, 0.6) is 0 Å². The molecule has 24 heavy (non-hydrogen) atoms. The molecular weight excluding hydrogens is 300 g/mol. The summed E-state index contributed by atoms with van der Waals surface area (Å²) >= 11 is 0. The number of fused-ring (bicyclic) bond motifs is 5. The van der Waals surface area contributed by atoms with E-state index in [-0.39, 0.29) is 23.2 Å². The Morgan fingerprint density at radius 1 is 1.21 bits per heavy atom. The van der Waals surface area contributed by atoms with Gasteiger partial charge in [-0.05, 0) is 61.9 Å². The zero-order valence-electron chi connectivity index (χ0n) is 15.0. The van der Waals surface area contributed by atoms with Gasteiger partial charge in [0, 0.05) is 23.7 Å². The summed E-state index contributed by atoms with van der Waals surface area (Å²) < 4.78 is 0. The van der Waals surface area contributed by atoms with E-state index < -0.39 is 0 Å². The number of rotatable bonds is 2. The lowest BCUT2D eigenvalue weighted by Gasteiger charge is -2.58. The van der Waals surface area contributed by atoms with Crippen molar-refractivity contribution in [3.8, 4) is 0 Å². The molecule has 3 nitrogen and oxygen atoms in total. The Morgan fingerprint density at radius 2 is 2.00 bits per heavy atom. The molecule has 3 heteroatoms.